The van der Waals surface area contributed by atoms with Crippen LogP contribution in [0.4, 0.5) is 13.2 Å². The molecule has 3 aromatic rings. The summed E-state index contributed by atoms with van der Waals surface area (Å²) in [5.74, 6) is -1.79. The first kappa shape index (κ1) is 16.7. The summed E-state index contributed by atoms with van der Waals surface area (Å²) in [6, 6.07) is 7.18. The largest absolute Gasteiger partial charge is 0.543 e. The maximum atomic E-state index is 13.3. The molecule has 2 heterocycles. The van der Waals surface area contributed by atoms with Gasteiger partial charge in [-0.05, 0) is 18.2 Å². The summed E-state index contributed by atoms with van der Waals surface area (Å²) >= 11 is 9.04. The van der Waals surface area contributed by atoms with Crippen LogP contribution in [0.2, 0.25) is 5.02 Å². The normalized spacial score (nSPS) is 11.9. The van der Waals surface area contributed by atoms with Gasteiger partial charge in [-0.2, -0.15) is 18.3 Å². The smallest absolute Gasteiger partial charge is 0.433 e. The average molecular weight is 420 g/mol. The Morgan fingerprint density at radius 1 is 1.25 bits per heavy atom. The molecule has 0 fully saturated rings. The van der Waals surface area contributed by atoms with Gasteiger partial charge in [-0.3, -0.25) is 0 Å². The lowest BCUT2D eigenvalue weighted by Crippen LogP contribution is -2.23. The van der Waals surface area contributed by atoms with Crippen molar-refractivity contribution in [3.63, 3.8) is 0 Å². The highest BCUT2D eigenvalue weighted by Gasteiger charge is 2.36. The lowest BCUT2D eigenvalue weighted by molar-refractivity contribution is -0.255. The first-order valence-electron chi connectivity index (χ1n) is 6.32. The van der Waals surface area contributed by atoms with E-state index >= 15 is 0 Å². The highest BCUT2D eigenvalue weighted by Crippen LogP contribution is 2.34. The van der Waals surface area contributed by atoms with Gasteiger partial charge in [0.25, 0.3) is 0 Å². The van der Waals surface area contributed by atoms with Crippen molar-refractivity contribution in [2.75, 3.05) is 0 Å². The number of hydrogen-bond donors (Lipinski definition) is 0. The molecule has 1 aromatic carbocycles. The van der Waals surface area contributed by atoms with Crippen LogP contribution in [0, 0.1) is 0 Å². The quantitative estimate of drug-likeness (QED) is 0.640. The fraction of sp³-hybridized carbons (Fsp3) is 0.0714. The van der Waals surface area contributed by atoms with E-state index in [0.29, 0.717) is 10.1 Å². The molecule has 0 amide bonds. The van der Waals surface area contributed by atoms with E-state index in [0.717, 1.165) is 10.5 Å². The third-order valence-corrected chi connectivity index (χ3v) is 4.03. The number of halogens is 5. The van der Waals surface area contributed by atoms with Gasteiger partial charge < -0.3 is 9.90 Å². The van der Waals surface area contributed by atoms with Gasteiger partial charge in [0.05, 0.1) is 11.7 Å². The minimum Gasteiger partial charge on any atom is -0.543 e. The van der Waals surface area contributed by atoms with Gasteiger partial charge in [0.2, 0.25) is 0 Å². The molecule has 24 heavy (non-hydrogen) atoms. The minimum absolute atomic E-state index is 0.0194. The molecule has 3 rings (SSSR count). The highest BCUT2D eigenvalue weighted by atomic mass is 79.9. The molecule has 0 saturated carbocycles. The molecule has 0 aliphatic carbocycles. The van der Waals surface area contributed by atoms with Crippen LogP contribution in [-0.4, -0.2) is 20.6 Å². The summed E-state index contributed by atoms with van der Waals surface area (Å²) in [5.41, 5.74) is -2.03. The highest BCUT2D eigenvalue weighted by molar-refractivity contribution is 9.10. The number of carboxylic acid groups (broad SMARTS) is 1. The fourth-order valence-corrected chi connectivity index (χ4v) is 2.59. The van der Waals surface area contributed by atoms with Gasteiger partial charge in [0.15, 0.2) is 11.3 Å². The van der Waals surface area contributed by atoms with Crippen molar-refractivity contribution >= 4 is 39.1 Å². The van der Waals surface area contributed by atoms with E-state index in [1.165, 1.54) is 0 Å². The molecule has 0 aliphatic heterocycles. The van der Waals surface area contributed by atoms with E-state index in [-0.39, 0.29) is 5.69 Å². The minimum atomic E-state index is -4.79. The van der Waals surface area contributed by atoms with Gasteiger partial charge in [0.1, 0.15) is 10.7 Å². The summed E-state index contributed by atoms with van der Waals surface area (Å²) in [6.07, 6.45) is -4.79. The van der Waals surface area contributed by atoms with E-state index in [1.807, 2.05) is 0 Å². The van der Waals surface area contributed by atoms with Crippen LogP contribution < -0.4 is 5.11 Å². The summed E-state index contributed by atoms with van der Waals surface area (Å²) in [4.78, 5) is 15.0. The van der Waals surface area contributed by atoms with Crippen molar-refractivity contribution in [2.24, 2.45) is 0 Å². The Labute approximate surface area is 145 Å². The molecule has 0 spiro atoms. The number of aromatic nitrogens is 3. The second-order valence-electron chi connectivity index (χ2n) is 4.72. The summed E-state index contributed by atoms with van der Waals surface area (Å²) in [7, 11) is 0. The zero-order valence-electron chi connectivity index (χ0n) is 11.4. The number of aromatic carboxylic acids is 1. The molecule has 0 saturated heterocycles. The van der Waals surface area contributed by atoms with Crippen LogP contribution in [0.3, 0.4) is 0 Å². The van der Waals surface area contributed by atoms with Crippen molar-refractivity contribution in [3.05, 3.63) is 51.2 Å². The van der Waals surface area contributed by atoms with E-state index in [4.69, 9.17) is 11.6 Å². The predicted octanol–water partition coefficient (Wildman–Crippen LogP) is 3.19. The second kappa shape index (κ2) is 5.75. The Hall–Kier alpha value is -2.13. The summed E-state index contributed by atoms with van der Waals surface area (Å²) in [5, 5.41) is 13.8. The van der Waals surface area contributed by atoms with E-state index in [2.05, 4.69) is 26.0 Å². The molecular formula is C14H5BrClF3N3O2-. The number of rotatable bonds is 2. The van der Waals surface area contributed by atoms with Crippen LogP contribution in [0.15, 0.2) is 34.8 Å². The lowest BCUT2D eigenvalue weighted by Gasteiger charge is -2.11. The number of hydrogen-bond acceptors (Lipinski definition) is 4. The fourth-order valence-electron chi connectivity index (χ4n) is 2.09. The van der Waals surface area contributed by atoms with E-state index in [9.17, 15) is 23.1 Å². The molecule has 0 aliphatic rings. The van der Waals surface area contributed by atoms with Crippen LogP contribution in [0.1, 0.15) is 16.2 Å². The zero-order valence-corrected chi connectivity index (χ0v) is 13.8. The third kappa shape index (κ3) is 2.84. The Balaban J connectivity index is 2.35. The number of carbonyl (C=O) groups excluding carboxylic acids is 1. The molecule has 5 nitrogen and oxygen atoms in total. The van der Waals surface area contributed by atoms with Gasteiger partial charge in [-0.1, -0.05) is 39.7 Å². The van der Waals surface area contributed by atoms with E-state index < -0.39 is 34.2 Å². The van der Waals surface area contributed by atoms with Crippen molar-refractivity contribution < 1.29 is 23.1 Å². The molecule has 0 atom stereocenters. The molecule has 10 heteroatoms. The molecule has 0 unspecified atom stereocenters. The van der Waals surface area contributed by atoms with Crippen molar-refractivity contribution in [2.45, 2.75) is 6.18 Å². The molecule has 0 bridgehead atoms. The predicted molar refractivity (Wildman–Crippen MR) is 80.5 cm³/mol. The van der Waals surface area contributed by atoms with Gasteiger partial charge in [-0.15, -0.1) is 0 Å². The average Bonchev–Trinajstić information content (AvgIpc) is 2.83. The number of alkyl halides is 3. The lowest BCUT2D eigenvalue weighted by atomic mass is 10.1. The van der Waals surface area contributed by atoms with E-state index in [1.54, 1.807) is 24.3 Å². The van der Waals surface area contributed by atoms with Crippen LogP contribution >= 0.6 is 27.5 Å². The molecular weight excluding hydrogens is 415 g/mol. The van der Waals surface area contributed by atoms with Crippen molar-refractivity contribution in [3.8, 4) is 11.3 Å². The maximum absolute atomic E-state index is 13.3. The van der Waals surface area contributed by atoms with Crippen LogP contribution in [-0.2, 0) is 6.18 Å². The standard InChI is InChI=1S/C14H6BrClF3N3O2/c15-7-3-1-6(2-4-7)8-5-9(14(17,18)19)22-12(20-8)10(16)11(21-22)13(23)24/h1-5H,(H,23,24)/p-1. The van der Waals surface area contributed by atoms with Crippen LogP contribution in [0.5, 0.6) is 0 Å². The summed E-state index contributed by atoms with van der Waals surface area (Å²) < 4.78 is 41.1. The molecule has 2 aromatic heterocycles. The number of carboxylic acids is 1. The Bertz CT molecular complexity index is 955. The summed E-state index contributed by atoms with van der Waals surface area (Å²) in [6.45, 7) is 0. The Morgan fingerprint density at radius 3 is 2.42 bits per heavy atom. The van der Waals surface area contributed by atoms with Gasteiger partial charge in [-0.25, -0.2) is 9.50 Å². The van der Waals surface area contributed by atoms with Gasteiger partial charge >= 0.3 is 6.18 Å². The number of carbonyl (C=O) groups is 1. The number of fused-ring (bicyclic) bond motifs is 1. The maximum Gasteiger partial charge on any atom is 0.433 e. The molecule has 124 valence electrons. The first-order chi connectivity index (χ1) is 11.2. The second-order valence-corrected chi connectivity index (χ2v) is 6.01. The SMILES string of the molecule is O=C([O-])c1nn2c(C(F)(F)F)cc(-c3ccc(Br)cc3)nc2c1Cl. The number of nitrogens with zero attached hydrogens (tertiary/aromatic N) is 3. The van der Waals surface area contributed by atoms with Crippen molar-refractivity contribution in [1.82, 2.24) is 14.6 Å². The topological polar surface area (TPSA) is 70.3 Å². The molecule has 0 N–H and O–H groups in total. The van der Waals surface area contributed by atoms with Crippen LogP contribution in [0.25, 0.3) is 16.9 Å². The first-order valence-corrected chi connectivity index (χ1v) is 7.49. The zero-order chi connectivity index (χ0) is 17.6. The van der Waals surface area contributed by atoms with Gasteiger partial charge in [0, 0.05) is 10.0 Å². The van der Waals surface area contributed by atoms with Crippen molar-refractivity contribution in [1.29, 1.82) is 0 Å². The Morgan fingerprint density at radius 2 is 1.88 bits per heavy atom. The number of benzene rings is 1. The molecule has 0 radical (unpaired) electrons. The Kier molecular flexibility index (Phi) is 4.00. The third-order valence-electron chi connectivity index (χ3n) is 3.16. The monoisotopic (exact) mass is 418 g/mol.